The van der Waals surface area contributed by atoms with E-state index in [2.05, 4.69) is 10.4 Å². The number of hydrogen-bond donors (Lipinski definition) is 0. The van der Waals surface area contributed by atoms with Crippen LogP contribution >= 0.6 is 34.9 Å². The number of carbonyl (C=O) groups excluding carboxylic acids is 1. The molecule has 1 amide bonds. The van der Waals surface area contributed by atoms with Gasteiger partial charge in [-0.1, -0.05) is 11.6 Å². The average molecular weight is 343 g/mol. The number of carbonyl (C=O) groups is 1. The first-order valence-electron chi connectivity index (χ1n) is 6.91. The Labute approximate surface area is 137 Å². The summed E-state index contributed by atoms with van der Waals surface area (Å²) in [6.07, 6.45) is 1.79. The van der Waals surface area contributed by atoms with Gasteiger partial charge in [0, 0.05) is 31.1 Å². The van der Waals surface area contributed by atoms with Gasteiger partial charge in [-0.05, 0) is 24.4 Å². The molecule has 1 unspecified atom stereocenters. The maximum atomic E-state index is 12.7. The zero-order chi connectivity index (χ0) is 14.8. The highest BCUT2D eigenvalue weighted by Crippen LogP contribution is 2.36. The highest BCUT2D eigenvalue weighted by atomic mass is 35.5. The van der Waals surface area contributed by atoms with E-state index in [9.17, 15) is 10.1 Å². The minimum atomic E-state index is -0.170. The van der Waals surface area contributed by atoms with Gasteiger partial charge in [-0.25, -0.2) is 0 Å². The van der Waals surface area contributed by atoms with Crippen molar-refractivity contribution in [2.75, 3.05) is 36.0 Å². The van der Waals surface area contributed by atoms with Crippen molar-refractivity contribution in [1.82, 2.24) is 9.27 Å². The molecule has 1 atom stereocenters. The van der Waals surface area contributed by atoms with Gasteiger partial charge < -0.3 is 9.80 Å². The predicted octanol–water partition coefficient (Wildman–Crippen LogP) is 2.21. The third-order valence-electron chi connectivity index (χ3n) is 3.87. The van der Waals surface area contributed by atoms with E-state index in [1.54, 1.807) is 0 Å². The summed E-state index contributed by atoms with van der Waals surface area (Å²) in [6, 6.07) is 1.94. The summed E-state index contributed by atoms with van der Waals surface area (Å²) in [4.78, 5) is 16.7. The lowest BCUT2D eigenvalue weighted by Gasteiger charge is -2.32. The molecule has 2 aliphatic heterocycles. The van der Waals surface area contributed by atoms with E-state index in [1.165, 1.54) is 11.5 Å². The summed E-state index contributed by atoms with van der Waals surface area (Å²) in [5.74, 6) is 2.20. The lowest BCUT2D eigenvalue weighted by molar-refractivity contribution is -0.132. The van der Waals surface area contributed by atoms with Crippen LogP contribution in [0.3, 0.4) is 0 Å². The van der Waals surface area contributed by atoms with E-state index in [4.69, 9.17) is 11.6 Å². The number of rotatable bonds is 2. The molecule has 5 nitrogen and oxygen atoms in total. The fourth-order valence-corrected chi connectivity index (χ4v) is 4.82. The van der Waals surface area contributed by atoms with Crippen LogP contribution < -0.4 is 4.90 Å². The van der Waals surface area contributed by atoms with Crippen molar-refractivity contribution in [3.05, 3.63) is 10.7 Å². The second kappa shape index (κ2) is 6.42. The average Bonchev–Trinajstić information content (AvgIpc) is 3.13. The summed E-state index contributed by atoms with van der Waals surface area (Å²) in [7, 11) is 0. The van der Waals surface area contributed by atoms with Crippen molar-refractivity contribution in [2.45, 2.75) is 18.9 Å². The van der Waals surface area contributed by atoms with Crippen LogP contribution in [0.15, 0.2) is 0 Å². The van der Waals surface area contributed by atoms with Gasteiger partial charge in [-0.2, -0.15) is 21.4 Å². The summed E-state index contributed by atoms with van der Waals surface area (Å²) >= 11 is 9.05. The maximum Gasteiger partial charge on any atom is 0.245 e. The Morgan fingerprint density at radius 2 is 2.14 bits per heavy atom. The molecule has 3 rings (SSSR count). The Bertz CT molecular complexity index is 579. The first-order chi connectivity index (χ1) is 10.2. The molecule has 0 radical (unpaired) electrons. The molecule has 0 aliphatic carbocycles. The number of anilines is 1. The maximum absolute atomic E-state index is 12.7. The monoisotopic (exact) mass is 342 g/mol. The van der Waals surface area contributed by atoms with Crippen molar-refractivity contribution < 1.29 is 4.79 Å². The number of nitriles is 1. The van der Waals surface area contributed by atoms with E-state index in [0.717, 1.165) is 49.0 Å². The van der Waals surface area contributed by atoms with Crippen LogP contribution in [0.4, 0.5) is 5.00 Å². The molecule has 21 heavy (non-hydrogen) atoms. The lowest BCUT2D eigenvalue weighted by atomic mass is 10.2. The minimum Gasteiger partial charge on any atom is -0.349 e. The minimum absolute atomic E-state index is 0.170. The van der Waals surface area contributed by atoms with Gasteiger partial charge in [0.1, 0.15) is 22.7 Å². The van der Waals surface area contributed by atoms with E-state index >= 15 is 0 Å². The number of aromatic nitrogens is 1. The molecule has 0 N–H and O–H groups in total. The molecule has 112 valence electrons. The van der Waals surface area contributed by atoms with Crippen LogP contribution in [0, 0.1) is 11.3 Å². The standard InChI is InChI=1S/C13H15ClN4OS2/c14-11-9(8-15)13(21-16-11)18-3-1-2-10(18)12(19)17-4-6-20-7-5-17/h10H,1-7H2. The Hall–Kier alpha value is -0.970. The molecule has 1 aromatic rings. The zero-order valence-electron chi connectivity index (χ0n) is 11.4. The highest BCUT2D eigenvalue weighted by molar-refractivity contribution is 7.99. The molecule has 0 saturated carbocycles. The van der Waals surface area contributed by atoms with Crippen molar-refractivity contribution in [1.29, 1.82) is 5.26 Å². The molecule has 0 aromatic carbocycles. The third-order valence-corrected chi connectivity index (χ3v) is 6.07. The Kier molecular flexibility index (Phi) is 4.57. The lowest BCUT2D eigenvalue weighted by Crippen LogP contribution is -2.48. The molecule has 0 spiro atoms. The van der Waals surface area contributed by atoms with Crippen LogP contribution in [-0.4, -0.2) is 52.4 Å². The van der Waals surface area contributed by atoms with Crippen molar-refractivity contribution in [3.63, 3.8) is 0 Å². The van der Waals surface area contributed by atoms with Crippen LogP contribution in [0.5, 0.6) is 0 Å². The smallest absolute Gasteiger partial charge is 0.245 e. The van der Waals surface area contributed by atoms with Gasteiger partial charge in [-0.3, -0.25) is 4.79 Å². The number of nitrogens with zero attached hydrogens (tertiary/aromatic N) is 4. The number of amides is 1. The molecule has 0 bridgehead atoms. The van der Waals surface area contributed by atoms with Gasteiger partial charge in [0.25, 0.3) is 0 Å². The van der Waals surface area contributed by atoms with Gasteiger partial charge in [0.05, 0.1) is 0 Å². The van der Waals surface area contributed by atoms with Crippen molar-refractivity contribution in [3.8, 4) is 6.07 Å². The molecule has 8 heteroatoms. The third kappa shape index (κ3) is 2.85. The normalized spacial score (nSPS) is 22.4. The molecule has 2 aliphatic rings. The Morgan fingerprint density at radius 1 is 1.38 bits per heavy atom. The van der Waals surface area contributed by atoms with Gasteiger partial charge in [0.2, 0.25) is 5.91 Å². The summed E-state index contributed by atoms with van der Waals surface area (Å²) in [5.41, 5.74) is 0.399. The van der Waals surface area contributed by atoms with E-state index in [-0.39, 0.29) is 17.1 Å². The largest absolute Gasteiger partial charge is 0.349 e. The quantitative estimate of drug-likeness (QED) is 0.824. The van der Waals surface area contributed by atoms with E-state index in [0.29, 0.717) is 5.56 Å². The van der Waals surface area contributed by atoms with Crippen LogP contribution in [0.1, 0.15) is 18.4 Å². The van der Waals surface area contributed by atoms with Gasteiger partial charge >= 0.3 is 0 Å². The number of hydrogen-bond acceptors (Lipinski definition) is 6. The Morgan fingerprint density at radius 3 is 2.86 bits per heavy atom. The van der Waals surface area contributed by atoms with Gasteiger partial charge in [0.15, 0.2) is 5.15 Å². The first kappa shape index (κ1) is 14.9. The molecular weight excluding hydrogens is 328 g/mol. The number of halogens is 1. The van der Waals surface area contributed by atoms with E-state index < -0.39 is 0 Å². The summed E-state index contributed by atoms with van der Waals surface area (Å²) in [5, 5.41) is 10.2. The first-order valence-corrected chi connectivity index (χ1v) is 9.21. The fraction of sp³-hybridized carbons (Fsp3) is 0.615. The second-order valence-corrected chi connectivity index (χ2v) is 7.39. The Balaban J connectivity index is 1.82. The van der Waals surface area contributed by atoms with Crippen LogP contribution in [0.2, 0.25) is 5.15 Å². The number of thioether (sulfide) groups is 1. The van der Waals surface area contributed by atoms with Crippen molar-refractivity contribution in [2.24, 2.45) is 0 Å². The summed E-state index contributed by atoms with van der Waals surface area (Å²) in [6.45, 7) is 2.43. The molecule has 2 fully saturated rings. The van der Waals surface area contributed by atoms with Crippen molar-refractivity contribution >= 4 is 45.8 Å². The highest BCUT2D eigenvalue weighted by Gasteiger charge is 2.36. The molecule has 1 aromatic heterocycles. The van der Waals surface area contributed by atoms with Crippen LogP contribution in [0.25, 0.3) is 0 Å². The zero-order valence-corrected chi connectivity index (χ0v) is 13.8. The molecular formula is C13H15ClN4OS2. The second-order valence-electron chi connectivity index (χ2n) is 5.05. The van der Waals surface area contributed by atoms with E-state index in [1.807, 2.05) is 21.6 Å². The fourth-order valence-electron chi connectivity index (χ4n) is 2.81. The van der Waals surface area contributed by atoms with Gasteiger partial charge in [-0.15, -0.1) is 0 Å². The molecule has 3 heterocycles. The topological polar surface area (TPSA) is 60.2 Å². The van der Waals surface area contributed by atoms with Crippen LogP contribution in [-0.2, 0) is 4.79 Å². The summed E-state index contributed by atoms with van der Waals surface area (Å²) < 4.78 is 4.05. The molecule has 2 saturated heterocycles. The SMILES string of the molecule is N#Cc1c(Cl)nsc1N1CCCC1C(=O)N1CCSCC1. The predicted molar refractivity (Wildman–Crippen MR) is 86.1 cm³/mol.